The van der Waals surface area contributed by atoms with Gasteiger partial charge in [0.25, 0.3) is 0 Å². The average Bonchev–Trinajstić information content (AvgIpc) is 2.16. The first-order chi connectivity index (χ1) is 5.74. The van der Waals surface area contributed by atoms with Gasteiger partial charge in [-0.2, -0.15) is 0 Å². The molecule has 0 radical (unpaired) electrons. The predicted octanol–water partition coefficient (Wildman–Crippen LogP) is -0.173. The number of aliphatic hydroxyl groups is 1. The van der Waals surface area contributed by atoms with Crippen LogP contribution in [0.4, 0.5) is 0 Å². The lowest BCUT2D eigenvalue weighted by atomic mass is 10.2. The van der Waals surface area contributed by atoms with Gasteiger partial charge in [0.1, 0.15) is 0 Å². The molecule has 0 aromatic rings. The third-order valence-corrected chi connectivity index (χ3v) is 2.25. The first-order valence-electron chi connectivity index (χ1n) is 4.47. The van der Waals surface area contributed by atoms with Crippen molar-refractivity contribution < 1.29 is 5.11 Å². The molecule has 1 aliphatic rings. The Kier molecular flexibility index (Phi) is 3.72. The molecule has 2 unspecified atom stereocenters. The second-order valence-corrected chi connectivity index (χ2v) is 3.40. The summed E-state index contributed by atoms with van der Waals surface area (Å²) in [6, 6.07) is 0.486. The van der Waals surface area contributed by atoms with Gasteiger partial charge in [0.15, 0.2) is 0 Å². The van der Waals surface area contributed by atoms with Crippen LogP contribution in [0.15, 0.2) is 12.7 Å². The van der Waals surface area contributed by atoms with Crippen molar-refractivity contribution in [2.75, 3.05) is 26.2 Å². The third-order valence-electron chi connectivity index (χ3n) is 2.25. The van der Waals surface area contributed by atoms with E-state index in [2.05, 4.69) is 23.7 Å². The zero-order chi connectivity index (χ0) is 8.97. The Labute approximate surface area is 74.1 Å². The first-order valence-corrected chi connectivity index (χ1v) is 4.47. The lowest BCUT2D eigenvalue weighted by molar-refractivity contribution is 0.122. The summed E-state index contributed by atoms with van der Waals surface area (Å²) in [5, 5.41) is 12.7. The van der Waals surface area contributed by atoms with Gasteiger partial charge >= 0.3 is 0 Å². The van der Waals surface area contributed by atoms with Crippen LogP contribution in [-0.2, 0) is 0 Å². The summed E-state index contributed by atoms with van der Waals surface area (Å²) < 4.78 is 0. The van der Waals surface area contributed by atoms with E-state index < -0.39 is 0 Å². The van der Waals surface area contributed by atoms with E-state index in [0.717, 1.165) is 19.6 Å². The van der Waals surface area contributed by atoms with E-state index in [1.54, 1.807) is 0 Å². The number of hydrogen-bond acceptors (Lipinski definition) is 3. The molecule has 0 spiro atoms. The lowest BCUT2D eigenvalue weighted by Gasteiger charge is -2.25. The van der Waals surface area contributed by atoms with Gasteiger partial charge in [0, 0.05) is 32.2 Å². The van der Waals surface area contributed by atoms with E-state index in [9.17, 15) is 5.11 Å². The second-order valence-electron chi connectivity index (χ2n) is 3.40. The molecule has 0 aliphatic carbocycles. The largest absolute Gasteiger partial charge is 0.390 e. The van der Waals surface area contributed by atoms with Gasteiger partial charge in [0.2, 0.25) is 0 Å². The molecular weight excluding hydrogens is 152 g/mol. The van der Waals surface area contributed by atoms with E-state index in [1.807, 2.05) is 6.08 Å². The molecular formula is C9H18N2O. The SMILES string of the molecule is C=CCN1CC(O)CNCC1C. The van der Waals surface area contributed by atoms with Crippen molar-refractivity contribution in [1.29, 1.82) is 0 Å². The Morgan fingerprint density at radius 3 is 3.08 bits per heavy atom. The zero-order valence-electron chi connectivity index (χ0n) is 7.66. The number of β-amino-alcohol motifs (C(OH)–C–C–N with tert-alkyl or cyclic N) is 1. The molecule has 1 heterocycles. The van der Waals surface area contributed by atoms with Gasteiger partial charge < -0.3 is 10.4 Å². The Morgan fingerprint density at radius 2 is 2.42 bits per heavy atom. The molecule has 0 bridgehead atoms. The fourth-order valence-corrected chi connectivity index (χ4v) is 1.52. The van der Waals surface area contributed by atoms with Crippen molar-refractivity contribution in [1.82, 2.24) is 10.2 Å². The zero-order valence-corrected chi connectivity index (χ0v) is 7.66. The lowest BCUT2D eigenvalue weighted by Crippen LogP contribution is -2.38. The Bertz CT molecular complexity index is 149. The summed E-state index contributed by atoms with van der Waals surface area (Å²) in [5.74, 6) is 0. The standard InChI is InChI=1S/C9H18N2O/c1-3-4-11-7-9(12)6-10-5-8(11)2/h3,8-10,12H,1,4-7H2,2H3. The van der Waals surface area contributed by atoms with Crippen molar-refractivity contribution >= 4 is 0 Å². The average molecular weight is 170 g/mol. The topological polar surface area (TPSA) is 35.5 Å². The van der Waals surface area contributed by atoms with Crippen molar-refractivity contribution in [3.8, 4) is 0 Å². The summed E-state index contributed by atoms with van der Waals surface area (Å²) in [5.41, 5.74) is 0. The van der Waals surface area contributed by atoms with Crippen LogP contribution in [0, 0.1) is 0 Å². The third kappa shape index (κ3) is 2.59. The number of nitrogens with zero attached hydrogens (tertiary/aromatic N) is 1. The van der Waals surface area contributed by atoms with E-state index in [4.69, 9.17) is 0 Å². The molecule has 2 N–H and O–H groups in total. The van der Waals surface area contributed by atoms with Crippen LogP contribution in [0.5, 0.6) is 0 Å². The van der Waals surface area contributed by atoms with E-state index >= 15 is 0 Å². The molecule has 12 heavy (non-hydrogen) atoms. The first kappa shape index (κ1) is 9.71. The minimum atomic E-state index is -0.241. The molecule has 3 heteroatoms. The highest BCUT2D eigenvalue weighted by Crippen LogP contribution is 2.03. The van der Waals surface area contributed by atoms with Gasteiger partial charge in [0.05, 0.1) is 6.10 Å². The fraction of sp³-hybridized carbons (Fsp3) is 0.778. The van der Waals surface area contributed by atoms with Crippen molar-refractivity contribution in [3.63, 3.8) is 0 Å². The Hall–Kier alpha value is -0.380. The van der Waals surface area contributed by atoms with Gasteiger partial charge in [-0.1, -0.05) is 6.08 Å². The predicted molar refractivity (Wildman–Crippen MR) is 50.1 cm³/mol. The summed E-state index contributed by atoms with van der Waals surface area (Å²) >= 11 is 0. The highest BCUT2D eigenvalue weighted by Gasteiger charge is 2.19. The molecule has 1 saturated heterocycles. The summed E-state index contributed by atoms with van der Waals surface area (Å²) in [6.45, 7) is 9.13. The Balaban J connectivity index is 2.48. The van der Waals surface area contributed by atoms with Crippen LogP contribution in [0.3, 0.4) is 0 Å². The maximum atomic E-state index is 9.47. The normalized spacial score (nSPS) is 32.8. The van der Waals surface area contributed by atoms with Crippen molar-refractivity contribution in [2.45, 2.75) is 19.1 Å². The fourth-order valence-electron chi connectivity index (χ4n) is 1.52. The molecule has 2 atom stereocenters. The number of rotatable bonds is 2. The molecule has 0 aromatic heterocycles. The number of aliphatic hydroxyl groups excluding tert-OH is 1. The van der Waals surface area contributed by atoms with Crippen molar-refractivity contribution in [3.05, 3.63) is 12.7 Å². The molecule has 1 fully saturated rings. The van der Waals surface area contributed by atoms with Gasteiger partial charge in [-0.15, -0.1) is 6.58 Å². The molecule has 3 nitrogen and oxygen atoms in total. The minimum Gasteiger partial charge on any atom is -0.390 e. The second kappa shape index (κ2) is 4.60. The number of nitrogens with one attached hydrogen (secondary N) is 1. The van der Waals surface area contributed by atoms with Crippen LogP contribution in [0.2, 0.25) is 0 Å². The Morgan fingerprint density at radius 1 is 1.67 bits per heavy atom. The van der Waals surface area contributed by atoms with E-state index in [0.29, 0.717) is 12.6 Å². The molecule has 1 rings (SSSR count). The van der Waals surface area contributed by atoms with Crippen LogP contribution in [0.1, 0.15) is 6.92 Å². The van der Waals surface area contributed by atoms with E-state index in [1.165, 1.54) is 0 Å². The van der Waals surface area contributed by atoms with Crippen LogP contribution in [-0.4, -0.2) is 48.3 Å². The minimum absolute atomic E-state index is 0.241. The molecule has 70 valence electrons. The maximum Gasteiger partial charge on any atom is 0.0791 e. The maximum absolute atomic E-state index is 9.47. The van der Waals surface area contributed by atoms with Gasteiger partial charge in [-0.3, -0.25) is 4.90 Å². The highest BCUT2D eigenvalue weighted by molar-refractivity contribution is 4.83. The van der Waals surface area contributed by atoms with Crippen LogP contribution >= 0.6 is 0 Å². The summed E-state index contributed by atoms with van der Waals surface area (Å²) in [4.78, 5) is 2.23. The molecule has 0 aromatic carbocycles. The quantitative estimate of drug-likeness (QED) is 0.565. The van der Waals surface area contributed by atoms with E-state index in [-0.39, 0.29) is 6.10 Å². The molecule has 1 aliphatic heterocycles. The monoisotopic (exact) mass is 170 g/mol. The summed E-state index contributed by atoms with van der Waals surface area (Å²) in [6.07, 6.45) is 1.64. The summed E-state index contributed by atoms with van der Waals surface area (Å²) in [7, 11) is 0. The van der Waals surface area contributed by atoms with Crippen LogP contribution in [0.25, 0.3) is 0 Å². The van der Waals surface area contributed by atoms with Crippen LogP contribution < -0.4 is 5.32 Å². The molecule has 0 saturated carbocycles. The highest BCUT2D eigenvalue weighted by atomic mass is 16.3. The van der Waals surface area contributed by atoms with Gasteiger partial charge in [-0.25, -0.2) is 0 Å². The number of hydrogen-bond donors (Lipinski definition) is 2. The molecule has 0 amide bonds. The van der Waals surface area contributed by atoms with Gasteiger partial charge in [-0.05, 0) is 6.92 Å². The smallest absolute Gasteiger partial charge is 0.0791 e. The van der Waals surface area contributed by atoms with Crippen molar-refractivity contribution in [2.24, 2.45) is 0 Å².